The zero-order valence-electron chi connectivity index (χ0n) is 9.55. The monoisotopic (exact) mass is 285 g/mol. The van der Waals surface area contributed by atoms with Crippen LogP contribution in [0, 0.1) is 0 Å². The number of hydrogen-bond acceptors (Lipinski definition) is 3. The Morgan fingerprint density at radius 1 is 1.22 bits per heavy atom. The van der Waals surface area contributed by atoms with Gasteiger partial charge in [-0.15, -0.1) is 11.6 Å². The molecule has 0 spiro atoms. The van der Waals surface area contributed by atoms with Gasteiger partial charge in [-0.25, -0.2) is 4.98 Å². The zero-order valence-corrected chi connectivity index (χ0v) is 11.1. The molecule has 1 aromatic heterocycles. The lowest BCUT2D eigenvalue weighted by Gasteiger charge is -2.18. The molecule has 0 aliphatic rings. The van der Waals surface area contributed by atoms with Crippen molar-refractivity contribution < 1.29 is 10.2 Å². The molecule has 2 aromatic rings. The third-order valence-electron chi connectivity index (χ3n) is 2.79. The van der Waals surface area contributed by atoms with Crippen LogP contribution in [-0.2, 0) is 0 Å². The van der Waals surface area contributed by atoms with Crippen molar-refractivity contribution in [2.45, 2.75) is 18.6 Å². The first-order valence-electron chi connectivity index (χ1n) is 5.60. The van der Waals surface area contributed by atoms with Gasteiger partial charge in [0.25, 0.3) is 0 Å². The molecule has 2 unspecified atom stereocenters. The number of benzene rings is 1. The summed E-state index contributed by atoms with van der Waals surface area (Å²) in [6.45, 7) is 0. The molecule has 0 saturated heterocycles. The van der Waals surface area contributed by atoms with E-state index in [1.165, 1.54) is 0 Å². The summed E-state index contributed by atoms with van der Waals surface area (Å²) in [5.41, 5.74) is 1.18. The quantitative estimate of drug-likeness (QED) is 0.671. The van der Waals surface area contributed by atoms with Crippen LogP contribution < -0.4 is 0 Å². The fraction of sp³-hybridized carbons (Fsp3) is 0.308. The van der Waals surface area contributed by atoms with Crippen LogP contribution in [0.5, 0.6) is 0 Å². The molecule has 0 amide bonds. The molecule has 0 saturated carbocycles. The third-order valence-corrected chi connectivity index (χ3v) is 3.31. The molecule has 2 rings (SSSR count). The van der Waals surface area contributed by atoms with Crippen molar-refractivity contribution >= 4 is 34.1 Å². The Bertz CT molecular complexity index is 548. The summed E-state index contributed by atoms with van der Waals surface area (Å²) in [5.74, 6) is 0.275. The van der Waals surface area contributed by atoms with Crippen molar-refractivity contribution in [2.75, 3.05) is 5.88 Å². The van der Waals surface area contributed by atoms with E-state index in [0.29, 0.717) is 12.0 Å². The van der Waals surface area contributed by atoms with Crippen LogP contribution in [0.25, 0.3) is 10.9 Å². The van der Waals surface area contributed by atoms with Gasteiger partial charge in [-0.2, -0.15) is 0 Å². The van der Waals surface area contributed by atoms with Gasteiger partial charge in [-0.3, -0.25) is 0 Å². The van der Waals surface area contributed by atoms with Crippen LogP contribution in [-0.4, -0.2) is 27.2 Å². The average molecular weight is 286 g/mol. The number of para-hydroxylation sites is 1. The van der Waals surface area contributed by atoms with E-state index in [1.54, 1.807) is 6.07 Å². The van der Waals surface area contributed by atoms with Crippen molar-refractivity contribution in [3.05, 3.63) is 41.0 Å². The lowest BCUT2D eigenvalue weighted by molar-refractivity contribution is 0.0169. The molecule has 2 N–H and O–H groups in total. The number of halogens is 2. The number of hydrogen-bond donors (Lipinski definition) is 2. The molecule has 0 bridgehead atoms. The van der Waals surface area contributed by atoms with Crippen LogP contribution >= 0.6 is 23.2 Å². The third kappa shape index (κ3) is 2.75. The van der Waals surface area contributed by atoms with E-state index >= 15 is 0 Å². The molecule has 96 valence electrons. The second kappa shape index (κ2) is 5.85. The largest absolute Gasteiger partial charge is 0.390 e. The van der Waals surface area contributed by atoms with Gasteiger partial charge < -0.3 is 10.2 Å². The molecule has 5 heteroatoms. The predicted octanol–water partition coefficient (Wildman–Crippen LogP) is 2.91. The lowest BCUT2D eigenvalue weighted by atomic mass is 10.0. The summed E-state index contributed by atoms with van der Waals surface area (Å²) in [4.78, 5) is 4.20. The standard InChI is InChI=1S/C13H13Cl2NO2/c14-6-5-11(17)12(18)9-7-8-3-1-2-4-10(8)16-13(9)15/h1-4,7,11-12,17-18H,5-6H2. The van der Waals surface area contributed by atoms with Crippen LogP contribution in [0.1, 0.15) is 18.1 Å². The maximum Gasteiger partial charge on any atom is 0.135 e. The zero-order chi connectivity index (χ0) is 13.1. The maximum atomic E-state index is 10.0. The van der Waals surface area contributed by atoms with Crippen LogP contribution in [0.4, 0.5) is 0 Å². The first-order chi connectivity index (χ1) is 8.63. The van der Waals surface area contributed by atoms with Gasteiger partial charge in [-0.05, 0) is 18.6 Å². The Morgan fingerprint density at radius 2 is 1.94 bits per heavy atom. The molecule has 1 aromatic carbocycles. The minimum atomic E-state index is -1.08. The van der Waals surface area contributed by atoms with E-state index in [2.05, 4.69) is 4.98 Å². The minimum Gasteiger partial charge on any atom is -0.390 e. The van der Waals surface area contributed by atoms with Crippen LogP contribution in [0.2, 0.25) is 5.15 Å². The number of pyridine rings is 1. The normalized spacial score (nSPS) is 14.7. The van der Waals surface area contributed by atoms with Crippen molar-refractivity contribution in [1.82, 2.24) is 4.98 Å². The number of fused-ring (bicyclic) bond motifs is 1. The number of aromatic nitrogens is 1. The molecule has 3 nitrogen and oxygen atoms in total. The summed E-state index contributed by atoms with van der Waals surface area (Å²) in [6.07, 6.45) is -1.72. The van der Waals surface area contributed by atoms with Gasteiger partial charge in [0.1, 0.15) is 11.3 Å². The lowest BCUT2D eigenvalue weighted by Crippen LogP contribution is -2.19. The Balaban J connectivity index is 2.41. The SMILES string of the molecule is OC(CCCl)C(O)c1cc2ccccc2nc1Cl. The highest BCUT2D eigenvalue weighted by molar-refractivity contribution is 6.30. The Labute approximate surface area is 115 Å². The van der Waals surface area contributed by atoms with Crippen LogP contribution in [0.15, 0.2) is 30.3 Å². The smallest absolute Gasteiger partial charge is 0.135 e. The Morgan fingerprint density at radius 3 is 2.67 bits per heavy atom. The summed E-state index contributed by atoms with van der Waals surface area (Å²) in [7, 11) is 0. The molecule has 18 heavy (non-hydrogen) atoms. The maximum absolute atomic E-state index is 10.0. The molecule has 0 aliphatic carbocycles. The second-order valence-electron chi connectivity index (χ2n) is 4.05. The molecular weight excluding hydrogens is 273 g/mol. The van der Waals surface area contributed by atoms with Gasteiger partial charge in [0.2, 0.25) is 0 Å². The van der Waals surface area contributed by atoms with Gasteiger partial charge in [-0.1, -0.05) is 29.8 Å². The molecule has 1 heterocycles. The average Bonchev–Trinajstić information content (AvgIpc) is 2.37. The number of rotatable bonds is 4. The van der Waals surface area contributed by atoms with Crippen molar-refractivity contribution in [2.24, 2.45) is 0 Å². The number of aliphatic hydroxyl groups excluding tert-OH is 2. The van der Waals surface area contributed by atoms with Gasteiger partial charge >= 0.3 is 0 Å². The molecule has 0 fully saturated rings. The number of nitrogens with zero attached hydrogens (tertiary/aromatic N) is 1. The van der Waals surface area contributed by atoms with E-state index in [4.69, 9.17) is 23.2 Å². The van der Waals surface area contributed by atoms with E-state index in [1.807, 2.05) is 24.3 Å². The van der Waals surface area contributed by atoms with Gasteiger partial charge in [0.05, 0.1) is 11.6 Å². The Hall–Kier alpha value is -0.870. The summed E-state index contributed by atoms with van der Waals surface area (Å²) < 4.78 is 0. The van der Waals surface area contributed by atoms with Gasteiger partial charge in [0, 0.05) is 16.8 Å². The highest BCUT2D eigenvalue weighted by Crippen LogP contribution is 2.28. The van der Waals surface area contributed by atoms with E-state index in [-0.39, 0.29) is 11.0 Å². The predicted molar refractivity (Wildman–Crippen MR) is 73.1 cm³/mol. The molecule has 0 radical (unpaired) electrons. The van der Waals surface area contributed by atoms with E-state index < -0.39 is 12.2 Å². The van der Waals surface area contributed by atoms with Crippen molar-refractivity contribution in [3.63, 3.8) is 0 Å². The topological polar surface area (TPSA) is 53.4 Å². The second-order valence-corrected chi connectivity index (χ2v) is 4.79. The minimum absolute atomic E-state index is 0.204. The Kier molecular flexibility index (Phi) is 4.40. The molecular formula is C13H13Cl2NO2. The van der Waals surface area contributed by atoms with Crippen molar-refractivity contribution in [3.8, 4) is 0 Å². The molecule has 2 atom stereocenters. The van der Waals surface area contributed by atoms with Crippen molar-refractivity contribution in [1.29, 1.82) is 0 Å². The van der Waals surface area contributed by atoms with Crippen LogP contribution in [0.3, 0.4) is 0 Å². The fourth-order valence-corrected chi connectivity index (χ4v) is 2.27. The fourth-order valence-electron chi connectivity index (χ4n) is 1.79. The van der Waals surface area contributed by atoms with Gasteiger partial charge in [0.15, 0.2) is 0 Å². The highest BCUT2D eigenvalue weighted by Gasteiger charge is 2.21. The summed E-state index contributed by atoms with van der Waals surface area (Å²) in [6, 6.07) is 9.20. The number of aliphatic hydroxyl groups is 2. The summed E-state index contributed by atoms with van der Waals surface area (Å²) >= 11 is 11.6. The first kappa shape index (κ1) is 13.6. The molecule has 0 aliphatic heterocycles. The number of alkyl halides is 1. The first-order valence-corrected chi connectivity index (χ1v) is 6.52. The highest BCUT2D eigenvalue weighted by atomic mass is 35.5. The van der Waals surface area contributed by atoms with E-state index in [9.17, 15) is 10.2 Å². The summed E-state index contributed by atoms with van der Waals surface area (Å²) in [5, 5.41) is 20.8. The van der Waals surface area contributed by atoms with E-state index in [0.717, 1.165) is 10.9 Å².